The van der Waals surface area contributed by atoms with Gasteiger partial charge in [-0.05, 0) is 37.5 Å². The Labute approximate surface area is 106 Å². The van der Waals surface area contributed by atoms with E-state index in [1.807, 2.05) is 0 Å². The molecule has 1 atom stereocenters. The Kier molecular flexibility index (Phi) is 3.41. The van der Waals surface area contributed by atoms with Crippen molar-refractivity contribution < 1.29 is 18.3 Å². The molecule has 0 spiro atoms. The van der Waals surface area contributed by atoms with Gasteiger partial charge in [-0.2, -0.15) is 4.31 Å². The first-order valence-corrected chi connectivity index (χ1v) is 7.18. The summed E-state index contributed by atoms with van der Waals surface area (Å²) in [6.07, 6.45) is 0.961. The van der Waals surface area contributed by atoms with E-state index in [2.05, 4.69) is 0 Å². The summed E-state index contributed by atoms with van der Waals surface area (Å²) in [6.45, 7) is 2.07. The first-order chi connectivity index (χ1) is 8.43. The molecule has 1 fully saturated rings. The van der Waals surface area contributed by atoms with Gasteiger partial charge < -0.3 is 5.11 Å². The molecule has 6 heteroatoms. The second-order valence-corrected chi connectivity index (χ2v) is 6.32. The average molecular weight is 269 g/mol. The zero-order valence-corrected chi connectivity index (χ0v) is 10.9. The van der Waals surface area contributed by atoms with E-state index in [1.54, 1.807) is 25.1 Å². The monoisotopic (exact) mass is 269 g/mol. The second-order valence-electron chi connectivity index (χ2n) is 4.43. The van der Waals surface area contributed by atoms with Crippen LogP contribution in [0.2, 0.25) is 0 Å². The summed E-state index contributed by atoms with van der Waals surface area (Å²) in [4.78, 5) is 11.2. The lowest BCUT2D eigenvalue weighted by Crippen LogP contribution is -2.40. The summed E-state index contributed by atoms with van der Waals surface area (Å²) < 4.78 is 25.8. The number of rotatable bonds is 3. The van der Waals surface area contributed by atoms with Crippen LogP contribution in [0.1, 0.15) is 18.4 Å². The Hall–Kier alpha value is -1.40. The second kappa shape index (κ2) is 4.70. The largest absolute Gasteiger partial charge is 0.480 e. The van der Waals surface area contributed by atoms with Gasteiger partial charge >= 0.3 is 5.97 Å². The van der Waals surface area contributed by atoms with Gasteiger partial charge in [0.1, 0.15) is 6.04 Å². The molecule has 1 aromatic rings. The minimum absolute atomic E-state index is 0.163. The number of benzene rings is 1. The maximum absolute atomic E-state index is 12.4. The predicted octanol–water partition coefficient (Wildman–Crippen LogP) is 1.23. The van der Waals surface area contributed by atoms with Crippen molar-refractivity contribution in [1.29, 1.82) is 0 Å². The van der Waals surface area contributed by atoms with Crippen LogP contribution in [0.3, 0.4) is 0 Å². The van der Waals surface area contributed by atoms with Gasteiger partial charge in [-0.3, -0.25) is 4.79 Å². The van der Waals surface area contributed by atoms with E-state index in [4.69, 9.17) is 5.11 Å². The summed E-state index contributed by atoms with van der Waals surface area (Å²) in [5.74, 6) is -1.08. The molecule has 18 heavy (non-hydrogen) atoms. The Bertz CT molecular complexity index is 567. The standard InChI is InChI=1S/C12H15NO4S/c1-9-4-2-5-10(8-9)18(16,17)13-7-3-6-11(13)12(14)15/h2,4-5,8,11H,3,6-7H2,1H3,(H,14,15)/t11-/m0/s1. The Balaban J connectivity index is 2.40. The number of hydrogen-bond acceptors (Lipinski definition) is 3. The molecular weight excluding hydrogens is 254 g/mol. The molecule has 0 radical (unpaired) electrons. The maximum Gasteiger partial charge on any atom is 0.322 e. The Morgan fingerprint density at radius 2 is 2.17 bits per heavy atom. The van der Waals surface area contributed by atoms with Crippen molar-refractivity contribution in [2.45, 2.75) is 30.7 Å². The first kappa shape index (κ1) is 13.0. The molecule has 98 valence electrons. The molecular formula is C12H15NO4S. The third-order valence-electron chi connectivity index (χ3n) is 3.08. The van der Waals surface area contributed by atoms with Gasteiger partial charge in [0, 0.05) is 6.54 Å². The summed E-state index contributed by atoms with van der Waals surface area (Å²) >= 11 is 0. The van der Waals surface area contributed by atoms with Crippen molar-refractivity contribution in [3.8, 4) is 0 Å². The molecule has 1 aliphatic rings. The van der Waals surface area contributed by atoms with Gasteiger partial charge in [-0.1, -0.05) is 12.1 Å². The van der Waals surface area contributed by atoms with Crippen molar-refractivity contribution in [2.24, 2.45) is 0 Å². The van der Waals surface area contributed by atoms with Crippen LogP contribution in [0, 0.1) is 6.92 Å². The zero-order chi connectivity index (χ0) is 13.3. The highest BCUT2D eigenvalue weighted by Gasteiger charge is 2.39. The molecule has 2 rings (SSSR count). The minimum atomic E-state index is -3.70. The fourth-order valence-corrected chi connectivity index (χ4v) is 3.94. The van der Waals surface area contributed by atoms with Crippen LogP contribution in [-0.2, 0) is 14.8 Å². The number of aryl methyl sites for hydroxylation is 1. The Morgan fingerprint density at radius 3 is 2.78 bits per heavy atom. The summed E-state index contributed by atoms with van der Waals surface area (Å²) in [5, 5.41) is 9.04. The summed E-state index contributed by atoms with van der Waals surface area (Å²) in [5.41, 5.74) is 0.835. The first-order valence-electron chi connectivity index (χ1n) is 5.74. The normalized spacial score (nSPS) is 21.1. The van der Waals surface area contributed by atoms with E-state index in [1.165, 1.54) is 6.07 Å². The number of carboxylic acids is 1. The number of aliphatic carboxylic acids is 1. The minimum Gasteiger partial charge on any atom is -0.480 e. The van der Waals surface area contributed by atoms with Gasteiger partial charge in [0.15, 0.2) is 0 Å². The average Bonchev–Trinajstić information content (AvgIpc) is 2.78. The van der Waals surface area contributed by atoms with Gasteiger partial charge in [0.25, 0.3) is 0 Å². The highest BCUT2D eigenvalue weighted by atomic mass is 32.2. The molecule has 0 aliphatic carbocycles. The molecule has 0 amide bonds. The van der Waals surface area contributed by atoms with Crippen LogP contribution in [0.15, 0.2) is 29.2 Å². The van der Waals surface area contributed by atoms with Gasteiger partial charge in [-0.25, -0.2) is 8.42 Å². The highest BCUT2D eigenvalue weighted by molar-refractivity contribution is 7.89. The molecule has 0 bridgehead atoms. The SMILES string of the molecule is Cc1cccc(S(=O)(=O)N2CCC[C@H]2C(=O)O)c1. The van der Waals surface area contributed by atoms with Crippen LogP contribution in [0.25, 0.3) is 0 Å². The van der Waals surface area contributed by atoms with Gasteiger partial charge in [0.05, 0.1) is 4.90 Å². The number of nitrogens with zero attached hydrogens (tertiary/aromatic N) is 1. The number of hydrogen-bond donors (Lipinski definition) is 1. The van der Waals surface area contributed by atoms with Crippen molar-refractivity contribution in [1.82, 2.24) is 4.31 Å². The lowest BCUT2D eigenvalue weighted by molar-refractivity contribution is -0.140. The van der Waals surface area contributed by atoms with E-state index >= 15 is 0 Å². The molecule has 1 aliphatic heterocycles. The van der Waals surface area contributed by atoms with Crippen molar-refractivity contribution in [2.75, 3.05) is 6.54 Å². The summed E-state index contributed by atoms with van der Waals surface area (Å²) in [6, 6.07) is 5.59. The molecule has 0 saturated carbocycles. The molecule has 0 aromatic heterocycles. The molecule has 1 aromatic carbocycles. The summed E-state index contributed by atoms with van der Waals surface area (Å²) in [7, 11) is -3.70. The van der Waals surface area contributed by atoms with E-state index in [0.29, 0.717) is 12.8 Å². The molecule has 1 heterocycles. The number of carbonyl (C=O) groups is 1. The Morgan fingerprint density at radius 1 is 1.44 bits per heavy atom. The predicted molar refractivity (Wildman–Crippen MR) is 65.7 cm³/mol. The van der Waals surface area contributed by atoms with E-state index in [0.717, 1.165) is 9.87 Å². The van der Waals surface area contributed by atoms with Crippen LogP contribution in [-0.4, -0.2) is 36.4 Å². The molecule has 1 saturated heterocycles. The maximum atomic E-state index is 12.4. The number of carboxylic acid groups (broad SMARTS) is 1. The van der Waals surface area contributed by atoms with Crippen LogP contribution >= 0.6 is 0 Å². The molecule has 1 N–H and O–H groups in total. The van der Waals surface area contributed by atoms with Crippen molar-refractivity contribution in [3.63, 3.8) is 0 Å². The van der Waals surface area contributed by atoms with Crippen LogP contribution < -0.4 is 0 Å². The van der Waals surface area contributed by atoms with Crippen LogP contribution in [0.4, 0.5) is 0 Å². The fraction of sp³-hybridized carbons (Fsp3) is 0.417. The van der Waals surface area contributed by atoms with E-state index in [-0.39, 0.29) is 11.4 Å². The molecule has 5 nitrogen and oxygen atoms in total. The molecule has 0 unspecified atom stereocenters. The topological polar surface area (TPSA) is 74.7 Å². The van der Waals surface area contributed by atoms with Gasteiger partial charge in [0.2, 0.25) is 10.0 Å². The van der Waals surface area contributed by atoms with Crippen LogP contribution in [0.5, 0.6) is 0 Å². The van der Waals surface area contributed by atoms with Gasteiger partial charge in [-0.15, -0.1) is 0 Å². The zero-order valence-electron chi connectivity index (χ0n) is 10.0. The number of sulfonamides is 1. The van der Waals surface area contributed by atoms with Crippen molar-refractivity contribution >= 4 is 16.0 Å². The smallest absolute Gasteiger partial charge is 0.322 e. The van der Waals surface area contributed by atoms with Crippen molar-refractivity contribution in [3.05, 3.63) is 29.8 Å². The third-order valence-corrected chi connectivity index (χ3v) is 4.99. The van der Waals surface area contributed by atoms with E-state index < -0.39 is 22.0 Å². The fourth-order valence-electron chi connectivity index (χ4n) is 2.19. The van der Waals surface area contributed by atoms with E-state index in [9.17, 15) is 13.2 Å². The lowest BCUT2D eigenvalue weighted by Gasteiger charge is -2.21. The third kappa shape index (κ3) is 2.26. The lowest BCUT2D eigenvalue weighted by atomic mass is 10.2. The highest BCUT2D eigenvalue weighted by Crippen LogP contribution is 2.26. The quantitative estimate of drug-likeness (QED) is 0.895.